The second-order valence-electron chi connectivity index (χ2n) is 6.17. The monoisotopic (exact) mass is 389 g/mol. The van der Waals surface area contributed by atoms with Crippen LogP contribution >= 0.6 is 0 Å². The number of nitrogens with zero attached hydrogens (tertiary/aromatic N) is 2. The van der Waals surface area contributed by atoms with E-state index in [2.05, 4.69) is 10.4 Å². The van der Waals surface area contributed by atoms with Gasteiger partial charge < -0.3 is 10.1 Å². The van der Waals surface area contributed by atoms with Crippen LogP contribution in [0, 0.1) is 0 Å². The van der Waals surface area contributed by atoms with Crippen LogP contribution in [0.5, 0.6) is 5.75 Å². The van der Waals surface area contributed by atoms with Gasteiger partial charge in [0, 0.05) is 19.8 Å². The van der Waals surface area contributed by atoms with Crippen molar-refractivity contribution in [3.05, 3.63) is 83.2 Å². The Morgan fingerprint density at radius 3 is 2.54 bits per heavy atom. The molecule has 3 aromatic rings. The van der Waals surface area contributed by atoms with Crippen molar-refractivity contribution in [3.8, 4) is 5.75 Å². The Hall–Kier alpha value is -3.29. The maximum absolute atomic E-state index is 13.0. The van der Waals surface area contributed by atoms with Crippen LogP contribution in [-0.4, -0.2) is 15.7 Å². The van der Waals surface area contributed by atoms with Gasteiger partial charge in [0.1, 0.15) is 12.4 Å². The smallest absolute Gasteiger partial charge is 0.435 e. The fourth-order valence-corrected chi connectivity index (χ4v) is 2.65. The maximum Gasteiger partial charge on any atom is 0.435 e. The van der Waals surface area contributed by atoms with Gasteiger partial charge in [-0.25, -0.2) is 0 Å². The quantitative estimate of drug-likeness (QED) is 0.695. The molecule has 146 valence electrons. The van der Waals surface area contributed by atoms with Gasteiger partial charge in [-0.05, 0) is 23.3 Å². The van der Waals surface area contributed by atoms with E-state index in [0.29, 0.717) is 6.61 Å². The normalized spacial score (nSPS) is 11.3. The van der Waals surface area contributed by atoms with Crippen LogP contribution in [0.2, 0.25) is 0 Å². The number of aromatic nitrogens is 2. The molecule has 0 aliphatic rings. The van der Waals surface area contributed by atoms with E-state index in [9.17, 15) is 18.0 Å². The Balaban J connectivity index is 1.63. The molecule has 8 heteroatoms. The van der Waals surface area contributed by atoms with Gasteiger partial charge in [0.2, 0.25) is 0 Å². The number of halogens is 3. The first-order chi connectivity index (χ1) is 13.3. The minimum absolute atomic E-state index is 0.0875. The van der Waals surface area contributed by atoms with Crippen molar-refractivity contribution in [2.45, 2.75) is 19.3 Å². The van der Waals surface area contributed by atoms with E-state index < -0.39 is 23.3 Å². The fraction of sp³-hybridized carbons (Fsp3) is 0.200. The van der Waals surface area contributed by atoms with Crippen LogP contribution in [0.1, 0.15) is 27.2 Å². The van der Waals surface area contributed by atoms with Gasteiger partial charge in [0.05, 0.1) is 5.56 Å². The molecule has 0 saturated carbocycles. The number of nitrogens with one attached hydrogen (secondary N) is 1. The summed E-state index contributed by atoms with van der Waals surface area (Å²) in [5.41, 5.74) is -0.0657. The lowest BCUT2D eigenvalue weighted by atomic mass is 10.1. The van der Waals surface area contributed by atoms with Crippen LogP contribution in [0.15, 0.2) is 60.8 Å². The number of para-hydroxylation sites is 1. The summed E-state index contributed by atoms with van der Waals surface area (Å²) in [5, 5.41) is 5.85. The highest BCUT2D eigenvalue weighted by molar-refractivity contribution is 5.95. The van der Waals surface area contributed by atoms with E-state index in [-0.39, 0.29) is 6.54 Å². The number of hydrogen-bond acceptors (Lipinski definition) is 3. The standard InChI is InChI=1S/C20H18F3N3O2/c1-26-12-17(18(25-26)20(21,22)23)19(27)24-11-14-6-5-7-15(10-14)13-28-16-8-3-2-4-9-16/h2-10,12H,11,13H2,1H3,(H,24,27). The first-order valence-electron chi connectivity index (χ1n) is 8.47. The molecule has 28 heavy (non-hydrogen) atoms. The Morgan fingerprint density at radius 2 is 1.82 bits per heavy atom. The molecule has 0 bridgehead atoms. The highest BCUT2D eigenvalue weighted by Crippen LogP contribution is 2.30. The zero-order valence-corrected chi connectivity index (χ0v) is 15.0. The average Bonchev–Trinajstić information content (AvgIpc) is 3.08. The van der Waals surface area contributed by atoms with Gasteiger partial charge in [0.15, 0.2) is 5.69 Å². The Kier molecular flexibility index (Phi) is 5.67. The highest BCUT2D eigenvalue weighted by Gasteiger charge is 2.38. The summed E-state index contributed by atoms with van der Waals surface area (Å²) in [5.74, 6) is -0.0937. The molecule has 0 saturated heterocycles. The van der Waals surface area contributed by atoms with Gasteiger partial charge in [-0.2, -0.15) is 18.3 Å². The third kappa shape index (κ3) is 4.91. The summed E-state index contributed by atoms with van der Waals surface area (Å²) in [6.07, 6.45) is -3.63. The number of carbonyl (C=O) groups is 1. The van der Waals surface area contributed by atoms with E-state index in [1.807, 2.05) is 42.5 Å². The molecule has 0 unspecified atom stereocenters. The van der Waals surface area contributed by atoms with E-state index in [1.165, 1.54) is 7.05 Å². The molecule has 1 N–H and O–H groups in total. The molecule has 0 radical (unpaired) electrons. The molecular formula is C20H18F3N3O2. The van der Waals surface area contributed by atoms with E-state index in [1.54, 1.807) is 12.1 Å². The average molecular weight is 389 g/mol. The molecule has 1 heterocycles. The first-order valence-corrected chi connectivity index (χ1v) is 8.47. The van der Waals surface area contributed by atoms with Gasteiger partial charge >= 0.3 is 6.18 Å². The van der Waals surface area contributed by atoms with Crippen LogP contribution in [0.25, 0.3) is 0 Å². The predicted octanol–water partition coefficient (Wildman–Crippen LogP) is 3.95. The van der Waals surface area contributed by atoms with Crippen molar-refractivity contribution in [1.82, 2.24) is 15.1 Å². The summed E-state index contributed by atoms with van der Waals surface area (Å²) >= 11 is 0. The van der Waals surface area contributed by atoms with Crippen LogP contribution < -0.4 is 10.1 Å². The molecule has 0 fully saturated rings. The summed E-state index contributed by atoms with van der Waals surface area (Å²) in [6, 6.07) is 16.6. The molecule has 0 aliphatic carbocycles. The molecular weight excluding hydrogens is 371 g/mol. The lowest BCUT2D eigenvalue weighted by molar-refractivity contribution is -0.141. The number of hydrogen-bond donors (Lipinski definition) is 1. The number of benzene rings is 2. The second-order valence-corrected chi connectivity index (χ2v) is 6.17. The second kappa shape index (κ2) is 8.16. The molecule has 2 aromatic carbocycles. The van der Waals surface area contributed by atoms with Crippen molar-refractivity contribution < 1.29 is 22.7 Å². The first kappa shape index (κ1) is 19.5. The van der Waals surface area contributed by atoms with E-state index >= 15 is 0 Å². The van der Waals surface area contributed by atoms with Gasteiger partial charge in [-0.15, -0.1) is 0 Å². The number of amides is 1. The minimum atomic E-state index is -4.69. The summed E-state index contributed by atoms with van der Waals surface area (Å²) < 4.78 is 45.6. The highest BCUT2D eigenvalue weighted by atomic mass is 19.4. The fourth-order valence-electron chi connectivity index (χ4n) is 2.65. The Bertz CT molecular complexity index is 953. The van der Waals surface area contributed by atoms with Crippen molar-refractivity contribution >= 4 is 5.91 Å². The van der Waals surface area contributed by atoms with Crippen molar-refractivity contribution in [2.75, 3.05) is 0 Å². The summed E-state index contributed by atoms with van der Waals surface area (Å²) in [6.45, 7) is 0.427. The molecule has 3 rings (SSSR count). The molecule has 1 aromatic heterocycles. The Labute approximate surface area is 159 Å². The zero-order chi connectivity index (χ0) is 20.1. The van der Waals surface area contributed by atoms with E-state index in [4.69, 9.17) is 4.74 Å². The summed E-state index contributed by atoms with van der Waals surface area (Å²) in [4.78, 5) is 12.2. The third-order valence-corrected chi connectivity index (χ3v) is 3.94. The number of aryl methyl sites for hydroxylation is 1. The van der Waals surface area contributed by atoms with Crippen molar-refractivity contribution in [3.63, 3.8) is 0 Å². The number of ether oxygens (including phenoxy) is 1. The molecule has 0 aliphatic heterocycles. The predicted molar refractivity (Wildman–Crippen MR) is 96.6 cm³/mol. The molecule has 0 atom stereocenters. The molecule has 5 nitrogen and oxygen atoms in total. The van der Waals surface area contributed by atoms with Crippen LogP contribution in [0.4, 0.5) is 13.2 Å². The third-order valence-electron chi connectivity index (χ3n) is 3.94. The zero-order valence-electron chi connectivity index (χ0n) is 15.0. The number of alkyl halides is 3. The topological polar surface area (TPSA) is 56.2 Å². The minimum Gasteiger partial charge on any atom is -0.489 e. The van der Waals surface area contributed by atoms with Crippen LogP contribution in [-0.2, 0) is 26.4 Å². The Morgan fingerprint density at radius 1 is 1.11 bits per heavy atom. The van der Waals surface area contributed by atoms with Gasteiger partial charge in [0.25, 0.3) is 5.91 Å². The van der Waals surface area contributed by atoms with Crippen molar-refractivity contribution in [2.24, 2.45) is 7.05 Å². The van der Waals surface area contributed by atoms with Gasteiger partial charge in [-0.3, -0.25) is 9.48 Å². The number of rotatable bonds is 6. The number of carbonyl (C=O) groups excluding carboxylic acids is 1. The molecule has 1 amide bonds. The SMILES string of the molecule is Cn1cc(C(=O)NCc2cccc(COc3ccccc3)c2)c(C(F)(F)F)n1. The summed E-state index contributed by atoms with van der Waals surface area (Å²) in [7, 11) is 1.34. The van der Waals surface area contributed by atoms with E-state index in [0.717, 1.165) is 27.8 Å². The maximum atomic E-state index is 13.0. The van der Waals surface area contributed by atoms with Crippen molar-refractivity contribution in [1.29, 1.82) is 0 Å². The lowest BCUT2D eigenvalue weighted by Gasteiger charge is -2.09. The molecule has 0 spiro atoms. The largest absolute Gasteiger partial charge is 0.489 e. The van der Waals surface area contributed by atoms with Crippen LogP contribution in [0.3, 0.4) is 0 Å². The van der Waals surface area contributed by atoms with Gasteiger partial charge in [-0.1, -0.05) is 42.5 Å². The lowest BCUT2D eigenvalue weighted by Crippen LogP contribution is -2.25.